The third-order valence-electron chi connectivity index (χ3n) is 4.88. The molecule has 0 saturated heterocycles. The van der Waals surface area contributed by atoms with Crippen molar-refractivity contribution in [1.82, 2.24) is 15.2 Å². The summed E-state index contributed by atoms with van der Waals surface area (Å²) in [7, 11) is 0. The Morgan fingerprint density at radius 2 is 1.38 bits per heavy atom. The summed E-state index contributed by atoms with van der Waals surface area (Å²) in [5.41, 5.74) is 2.93. The van der Waals surface area contributed by atoms with Crippen molar-refractivity contribution < 1.29 is 9.59 Å². The zero-order valence-electron chi connectivity index (χ0n) is 24.2. The molecular formula is C31H46N4O2. The molecule has 37 heavy (non-hydrogen) atoms. The number of benzene rings is 2. The number of rotatable bonds is 6. The third-order valence-corrected chi connectivity index (χ3v) is 4.88. The molecule has 0 aliphatic carbocycles. The van der Waals surface area contributed by atoms with Crippen LogP contribution in [0.4, 0.5) is 0 Å². The Balaban J connectivity index is 0.00000201. The highest BCUT2D eigenvalue weighted by Gasteiger charge is 2.35. The standard InChI is InChI=1S/C25H28N4O2.3C2H6/c1-5-11-22-25(31)28(17-19-12-7-6-8-13-19)23(16-27-18(2)3)20-14-9-10-15-21(20)24(30)29(22)26-4;3*1-2/h6-16,18,27H,4-5,17H2,1-3H3;3*1-2H3/b22-11-,23-16-;;;. The number of fused-ring (bicyclic) bond motifs is 1. The second kappa shape index (κ2) is 18.6. The molecule has 1 heterocycles. The molecule has 0 fully saturated rings. The van der Waals surface area contributed by atoms with Crippen LogP contribution in [0.25, 0.3) is 5.70 Å². The van der Waals surface area contributed by atoms with Crippen LogP contribution in [0.15, 0.2) is 77.7 Å². The van der Waals surface area contributed by atoms with Gasteiger partial charge in [0.2, 0.25) is 0 Å². The van der Waals surface area contributed by atoms with Gasteiger partial charge in [0.25, 0.3) is 11.8 Å². The fourth-order valence-electron chi connectivity index (χ4n) is 3.43. The molecule has 2 aromatic rings. The van der Waals surface area contributed by atoms with E-state index in [4.69, 9.17) is 0 Å². The maximum Gasteiger partial charge on any atom is 0.279 e. The number of carbonyl (C=O) groups excluding carboxylic acids is 2. The number of hydrogen-bond donors (Lipinski definition) is 1. The topological polar surface area (TPSA) is 65.0 Å². The van der Waals surface area contributed by atoms with Crippen LogP contribution in [-0.4, -0.2) is 34.5 Å². The van der Waals surface area contributed by atoms with E-state index in [-0.39, 0.29) is 23.6 Å². The van der Waals surface area contributed by atoms with Crippen LogP contribution in [-0.2, 0) is 11.3 Å². The van der Waals surface area contributed by atoms with E-state index < -0.39 is 0 Å². The molecule has 3 rings (SSSR count). The highest BCUT2D eigenvalue weighted by molar-refractivity contribution is 6.09. The molecule has 6 heteroatoms. The minimum absolute atomic E-state index is 0.159. The van der Waals surface area contributed by atoms with Gasteiger partial charge >= 0.3 is 0 Å². The van der Waals surface area contributed by atoms with E-state index >= 15 is 0 Å². The molecule has 0 spiro atoms. The number of allylic oxidation sites excluding steroid dienone is 1. The van der Waals surface area contributed by atoms with Crippen molar-refractivity contribution in [3.63, 3.8) is 0 Å². The summed E-state index contributed by atoms with van der Waals surface area (Å²) in [4.78, 5) is 28.8. The average Bonchev–Trinajstić information content (AvgIpc) is 2.95. The molecule has 0 saturated carbocycles. The van der Waals surface area contributed by atoms with Gasteiger partial charge in [0.05, 0.1) is 17.8 Å². The monoisotopic (exact) mass is 506 g/mol. The van der Waals surface area contributed by atoms with E-state index in [1.165, 1.54) is 0 Å². The van der Waals surface area contributed by atoms with Crippen molar-refractivity contribution >= 4 is 24.2 Å². The molecule has 2 amide bonds. The van der Waals surface area contributed by atoms with E-state index in [0.717, 1.165) is 10.6 Å². The lowest BCUT2D eigenvalue weighted by Gasteiger charge is -2.33. The van der Waals surface area contributed by atoms with Crippen molar-refractivity contribution in [2.75, 3.05) is 0 Å². The number of nitrogens with zero attached hydrogens (tertiary/aromatic N) is 3. The Hall–Kier alpha value is -3.67. The Kier molecular flexibility index (Phi) is 16.7. The maximum absolute atomic E-state index is 13.8. The summed E-state index contributed by atoms with van der Waals surface area (Å²) in [5.74, 6) is -0.689. The van der Waals surface area contributed by atoms with E-state index in [9.17, 15) is 9.59 Å². The maximum atomic E-state index is 13.8. The molecule has 0 radical (unpaired) electrons. The number of hydrogen-bond acceptors (Lipinski definition) is 4. The Morgan fingerprint density at radius 3 is 1.89 bits per heavy atom. The molecule has 0 bridgehead atoms. The fraction of sp³-hybridized carbons (Fsp3) is 0.387. The molecule has 1 N–H and O–H groups in total. The minimum atomic E-state index is -0.381. The predicted octanol–water partition coefficient (Wildman–Crippen LogP) is 7.46. The molecule has 202 valence electrons. The number of nitrogens with one attached hydrogen (secondary N) is 1. The molecule has 0 unspecified atom stereocenters. The first kappa shape index (κ1) is 33.3. The van der Waals surface area contributed by atoms with E-state index in [0.29, 0.717) is 29.8 Å². The number of amides is 2. The first-order valence-electron chi connectivity index (χ1n) is 13.4. The zero-order valence-corrected chi connectivity index (χ0v) is 24.2. The van der Waals surface area contributed by atoms with Crippen LogP contribution >= 0.6 is 0 Å². The normalized spacial score (nSPS) is 14.8. The zero-order chi connectivity index (χ0) is 28.4. The molecule has 6 nitrogen and oxygen atoms in total. The summed E-state index contributed by atoms with van der Waals surface area (Å²) >= 11 is 0. The first-order valence-corrected chi connectivity index (χ1v) is 13.4. The summed E-state index contributed by atoms with van der Waals surface area (Å²) in [6, 6.07) is 17.2. The first-order chi connectivity index (χ1) is 18.0. The van der Waals surface area contributed by atoms with Crippen LogP contribution in [0.1, 0.15) is 90.2 Å². The quantitative estimate of drug-likeness (QED) is 0.327. The molecule has 1 aliphatic rings. The van der Waals surface area contributed by atoms with E-state index in [1.807, 2.05) is 111 Å². The molecular weight excluding hydrogens is 460 g/mol. The van der Waals surface area contributed by atoms with E-state index in [1.54, 1.807) is 23.1 Å². The lowest BCUT2D eigenvalue weighted by Crippen LogP contribution is -2.41. The van der Waals surface area contributed by atoms with Crippen molar-refractivity contribution in [3.8, 4) is 0 Å². The van der Waals surface area contributed by atoms with Crippen molar-refractivity contribution in [2.24, 2.45) is 5.10 Å². The summed E-state index contributed by atoms with van der Waals surface area (Å²) in [6.45, 7) is 21.9. The molecule has 0 atom stereocenters. The Labute approximate surface area is 224 Å². The van der Waals surface area contributed by atoms with Crippen molar-refractivity contribution in [3.05, 3.63) is 89.3 Å². The highest BCUT2D eigenvalue weighted by Crippen LogP contribution is 2.31. The van der Waals surface area contributed by atoms with Crippen LogP contribution in [0, 0.1) is 0 Å². The third kappa shape index (κ3) is 9.05. The second-order valence-corrected chi connectivity index (χ2v) is 7.53. The van der Waals surface area contributed by atoms with Gasteiger partial charge in [-0.05, 0) is 31.9 Å². The number of carbonyl (C=O) groups is 2. The van der Waals surface area contributed by atoms with Gasteiger partial charge in [-0.25, -0.2) is 0 Å². The molecule has 0 aromatic heterocycles. The van der Waals surface area contributed by atoms with Gasteiger partial charge in [-0.1, -0.05) is 103 Å². The summed E-state index contributed by atoms with van der Waals surface area (Å²) in [5, 5.41) is 8.30. The van der Waals surface area contributed by atoms with Gasteiger partial charge in [0.1, 0.15) is 5.70 Å². The average molecular weight is 507 g/mol. The highest BCUT2D eigenvalue weighted by atomic mass is 16.2. The Morgan fingerprint density at radius 1 is 0.838 bits per heavy atom. The van der Waals surface area contributed by atoms with Gasteiger partial charge < -0.3 is 10.2 Å². The molecule has 1 aliphatic heterocycles. The van der Waals surface area contributed by atoms with Crippen LogP contribution in [0.3, 0.4) is 0 Å². The Bertz CT molecular complexity index is 1030. The van der Waals surface area contributed by atoms with Gasteiger partial charge in [0.15, 0.2) is 0 Å². The summed E-state index contributed by atoms with van der Waals surface area (Å²) in [6.07, 6.45) is 4.11. The summed E-state index contributed by atoms with van der Waals surface area (Å²) < 4.78 is 0. The minimum Gasteiger partial charge on any atom is -0.387 e. The van der Waals surface area contributed by atoms with Gasteiger partial charge in [0, 0.05) is 24.5 Å². The number of hydrazone groups is 1. The smallest absolute Gasteiger partial charge is 0.279 e. The second-order valence-electron chi connectivity index (χ2n) is 7.53. The largest absolute Gasteiger partial charge is 0.387 e. The van der Waals surface area contributed by atoms with E-state index in [2.05, 4.69) is 17.1 Å². The van der Waals surface area contributed by atoms with Gasteiger partial charge in [-0.15, -0.1) is 0 Å². The molecule has 2 aromatic carbocycles. The fourth-order valence-corrected chi connectivity index (χ4v) is 3.43. The van der Waals surface area contributed by atoms with Gasteiger partial charge in [-0.3, -0.25) is 9.59 Å². The lowest BCUT2D eigenvalue weighted by atomic mass is 10.00. The van der Waals surface area contributed by atoms with Crippen LogP contribution < -0.4 is 5.32 Å². The lowest BCUT2D eigenvalue weighted by molar-refractivity contribution is -0.126. The van der Waals surface area contributed by atoms with Crippen molar-refractivity contribution in [2.45, 2.75) is 81.3 Å². The SMILES string of the molecule is C=NN1C(=O)c2ccccc2/C(=C/NC(C)C)N(Cc2ccccc2)C(=O)/C1=C/CC.CC.CC.CC. The van der Waals surface area contributed by atoms with Gasteiger partial charge in [-0.2, -0.15) is 10.1 Å². The van der Waals surface area contributed by atoms with Crippen LogP contribution in [0.5, 0.6) is 0 Å². The predicted molar refractivity (Wildman–Crippen MR) is 158 cm³/mol. The van der Waals surface area contributed by atoms with Crippen LogP contribution in [0.2, 0.25) is 0 Å². The van der Waals surface area contributed by atoms with Crippen molar-refractivity contribution in [1.29, 1.82) is 0 Å².